The van der Waals surface area contributed by atoms with E-state index < -0.39 is 22.5 Å². The molecular weight excluding hydrogens is 454 g/mol. The molecule has 0 saturated heterocycles. The number of rotatable bonds is 8. The van der Waals surface area contributed by atoms with E-state index in [9.17, 15) is 18.3 Å². The summed E-state index contributed by atoms with van der Waals surface area (Å²) in [4.78, 5) is 12.8. The van der Waals surface area contributed by atoms with Gasteiger partial charge in [-0.25, -0.2) is 13.8 Å². The summed E-state index contributed by atoms with van der Waals surface area (Å²) in [6.45, 7) is 5.02. The Morgan fingerprint density at radius 2 is 1.74 bits per heavy atom. The Morgan fingerprint density at radius 1 is 1.06 bits per heavy atom. The first-order chi connectivity index (χ1) is 16.1. The van der Waals surface area contributed by atoms with Crippen LogP contribution >= 0.6 is 0 Å². The van der Waals surface area contributed by atoms with Gasteiger partial charge in [-0.15, -0.1) is 0 Å². The summed E-state index contributed by atoms with van der Waals surface area (Å²) in [7, 11) is -2.61. The molecule has 8 nitrogen and oxygen atoms in total. The first-order valence-electron chi connectivity index (χ1n) is 10.5. The lowest BCUT2D eigenvalue weighted by atomic mass is 10.1. The van der Waals surface area contributed by atoms with Crippen LogP contribution in [-0.2, 0) is 14.8 Å². The number of amides is 1. The lowest BCUT2D eigenvalue weighted by Gasteiger charge is -2.25. The van der Waals surface area contributed by atoms with Crippen molar-refractivity contribution in [2.75, 3.05) is 18.0 Å². The molecule has 3 aromatic carbocycles. The van der Waals surface area contributed by atoms with Crippen molar-refractivity contribution in [1.82, 2.24) is 5.43 Å². The number of nitrogens with zero attached hydrogens (tertiary/aromatic N) is 2. The number of para-hydroxylation sites is 1. The van der Waals surface area contributed by atoms with E-state index in [1.807, 2.05) is 26.0 Å². The molecule has 178 valence electrons. The van der Waals surface area contributed by atoms with E-state index >= 15 is 0 Å². The molecule has 0 fully saturated rings. The third kappa shape index (κ3) is 5.55. The predicted molar refractivity (Wildman–Crippen MR) is 132 cm³/mol. The highest BCUT2D eigenvalue weighted by molar-refractivity contribution is 7.92. The molecule has 34 heavy (non-hydrogen) atoms. The Balaban J connectivity index is 1.89. The SMILES string of the molecule is COc1cccc(/C=N\NC(=O)CN(c2cc(C)ccc2C)S(=O)(=O)c2ccc(C)cc2)c1O. The molecule has 1 amide bonds. The standard InChI is InChI=1S/C25H27N3O5S/c1-17-9-12-21(13-10-17)34(31,32)28(22-14-18(2)8-11-19(22)3)16-24(29)27-26-15-20-6-5-7-23(33-4)25(20)30/h5-15,30H,16H2,1-4H3,(H,27,29)/b26-15-. The van der Waals surface area contributed by atoms with E-state index in [-0.39, 0.29) is 16.4 Å². The Bertz CT molecular complexity index is 1320. The molecule has 0 atom stereocenters. The maximum atomic E-state index is 13.5. The van der Waals surface area contributed by atoms with Crippen LogP contribution in [0.2, 0.25) is 0 Å². The van der Waals surface area contributed by atoms with Crippen LogP contribution in [0.25, 0.3) is 0 Å². The largest absolute Gasteiger partial charge is 0.504 e. The number of methoxy groups -OCH3 is 1. The van der Waals surface area contributed by atoms with Gasteiger partial charge in [-0.2, -0.15) is 5.10 Å². The maximum Gasteiger partial charge on any atom is 0.264 e. The minimum Gasteiger partial charge on any atom is -0.504 e. The van der Waals surface area contributed by atoms with Crippen LogP contribution in [0.15, 0.2) is 70.7 Å². The topological polar surface area (TPSA) is 108 Å². The smallest absolute Gasteiger partial charge is 0.264 e. The van der Waals surface area contributed by atoms with Crippen molar-refractivity contribution >= 4 is 27.8 Å². The average molecular weight is 482 g/mol. The zero-order chi connectivity index (χ0) is 24.9. The summed E-state index contributed by atoms with van der Waals surface area (Å²) in [5, 5.41) is 14.0. The third-order valence-electron chi connectivity index (χ3n) is 5.17. The molecule has 9 heteroatoms. The number of nitrogens with one attached hydrogen (secondary N) is 1. The molecule has 0 radical (unpaired) electrons. The van der Waals surface area contributed by atoms with Crippen molar-refractivity contribution in [2.45, 2.75) is 25.7 Å². The van der Waals surface area contributed by atoms with Gasteiger partial charge >= 0.3 is 0 Å². The Hall–Kier alpha value is -3.85. The molecule has 0 bridgehead atoms. The highest BCUT2D eigenvalue weighted by Gasteiger charge is 2.28. The van der Waals surface area contributed by atoms with Crippen molar-refractivity contribution in [3.05, 3.63) is 82.9 Å². The molecule has 0 spiro atoms. The van der Waals surface area contributed by atoms with Crippen LogP contribution in [-0.4, -0.2) is 39.3 Å². The van der Waals surface area contributed by atoms with Crippen molar-refractivity contribution in [3.8, 4) is 11.5 Å². The Labute approximate surface area is 199 Å². The van der Waals surface area contributed by atoms with E-state index in [1.165, 1.54) is 25.5 Å². The van der Waals surface area contributed by atoms with Crippen LogP contribution in [0.3, 0.4) is 0 Å². The van der Waals surface area contributed by atoms with Gasteiger partial charge in [0.25, 0.3) is 15.9 Å². The number of phenolic OH excluding ortho intramolecular Hbond substituents is 1. The minimum atomic E-state index is -4.03. The second kappa shape index (κ2) is 10.4. The van der Waals surface area contributed by atoms with Gasteiger partial charge in [0.15, 0.2) is 11.5 Å². The first kappa shape index (κ1) is 24.8. The zero-order valence-corrected chi connectivity index (χ0v) is 20.3. The van der Waals surface area contributed by atoms with E-state index in [1.54, 1.807) is 43.3 Å². The number of anilines is 1. The highest BCUT2D eigenvalue weighted by atomic mass is 32.2. The molecule has 2 N–H and O–H groups in total. The number of hydrogen-bond donors (Lipinski definition) is 2. The number of aromatic hydroxyl groups is 1. The van der Waals surface area contributed by atoms with Crippen LogP contribution in [0.4, 0.5) is 5.69 Å². The van der Waals surface area contributed by atoms with Crippen molar-refractivity contribution in [1.29, 1.82) is 0 Å². The molecule has 0 aliphatic rings. The molecule has 0 aliphatic heterocycles. The van der Waals surface area contributed by atoms with Gasteiger partial charge < -0.3 is 9.84 Å². The highest BCUT2D eigenvalue weighted by Crippen LogP contribution is 2.29. The lowest BCUT2D eigenvalue weighted by molar-refractivity contribution is -0.119. The van der Waals surface area contributed by atoms with E-state index in [0.717, 1.165) is 15.4 Å². The second-order valence-electron chi connectivity index (χ2n) is 7.81. The Kier molecular flexibility index (Phi) is 7.57. The van der Waals surface area contributed by atoms with Gasteiger partial charge in [0, 0.05) is 5.56 Å². The molecule has 0 unspecified atom stereocenters. The van der Waals surface area contributed by atoms with Crippen molar-refractivity contribution in [2.24, 2.45) is 5.10 Å². The van der Waals surface area contributed by atoms with Crippen molar-refractivity contribution < 1.29 is 23.1 Å². The number of carbonyl (C=O) groups excluding carboxylic acids is 1. The molecule has 0 saturated carbocycles. The number of hydrazone groups is 1. The average Bonchev–Trinajstić information content (AvgIpc) is 2.80. The summed E-state index contributed by atoms with van der Waals surface area (Å²) in [5.41, 5.74) is 5.56. The van der Waals surface area contributed by atoms with E-state index in [4.69, 9.17) is 4.74 Å². The molecule has 0 aliphatic carbocycles. The fraction of sp³-hybridized carbons (Fsp3) is 0.200. The van der Waals surface area contributed by atoms with Crippen molar-refractivity contribution in [3.63, 3.8) is 0 Å². The van der Waals surface area contributed by atoms with Gasteiger partial charge in [0.1, 0.15) is 6.54 Å². The minimum absolute atomic E-state index is 0.0802. The molecule has 0 aromatic heterocycles. The predicted octanol–water partition coefficient (Wildman–Crippen LogP) is 3.67. The summed E-state index contributed by atoms with van der Waals surface area (Å²) >= 11 is 0. The number of phenols is 1. The second-order valence-corrected chi connectivity index (χ2v) is 9.67. The first-order valence-corrected chi connectivity index (χ1v) is 11.9. The van der Waals surface area contributed by atoms with Gasteiger partial charge in [-0.3, -0.25) is 9.10 Å². The van der Waals surface area contributed by atoms with Crippen LogP contribution in [0.1, 0.15) is 22.3 Å². The normalized spacial score (nSPS) is 11.4. The van der Waals surface area contributed by atoms with Gasteiger partial charge in [-0.1, -0.05) is 35.9 Å². The van der Waals surface area contributed by atoms with Gasteiger partial charge in [0.2, 0.25) is 0 Å². The van der Waals surface area contributed by atoms with Crippen LogP contribution in [0.5, 0.6) is 11.5 Å². The van der Waals surface area contributed by atoms with Gasteiger partial charge in [0.05, 0.1) is 23.9 Å². The molecule has 3 rings (SSSR count). The zero-order valence-electron chi connectivity index (χ0n) is 19.4. The molecule has 3 aromatic rings. The van der Waals surface area contributed by atoms with Crippen LogP contribution < -0.4 is 14.5 Å². The number of benzene rings is 3. The number of hydrogen-bond acceptors (Lipinski definition) is 6. The fourth-order valence-electron chi connectivity index (χ4n) is 3.27. The number of aryl methyl sites for hydroxylation is 3. The van der Waals surface area contributed by atoms with E-state index in [2.05, 4.69) is 10.5 Å². The fourth-order valence-corrected chi connectivity index (χ4v) is 4.75. The van der Waals surface area contributed by atoms with Gasteiger partial charge in [-0.05, 0) is 62.2 Å². The maximum absolute atomic E-state index is 13.5. The van der Waals surface area contributed by atoms with Crippen LogP contribution in [0, 0.1) is 20.8 Å². The third-order valence-corrected chi connectivity index (χ3v) is 6.95. The lowest BCUT2D eigenvalue weighted by Crippen LogP contribution is -2.40. The molecule has 0 heterocycles. The summed E-state index contributed by atoms with van der Waals surface area (Å²) in [6, 6.07) is 16.7. The summed E-state index contributed by atoms with van der Waals surface area (Å²) in [6.07, 6.45) is 1.26. The molecular formula is C25H27N3O5S. The monoisotopic (exact) mass is 481 g/mol. The summed E-state index contributed by atoms with van der Waals surface area (Å²) < 4.78 is 33.2. The quantitative estimate of drug-likeness (QED) is 0.377. The summed E-state index contributed by atoms with van der Waals surface area (Å²) in [5.74, 6) is -0.502. The Morgan fingerprint density at radius 3 is 2.41 bits per heavy atom. The number of sulfonamides is 1. The van der Waals surface area contributed by atoms with E-state index in [0.29, 0.717) is 16.8 Å². The number of carbonyl (C=O) groups is 1. The number of ether oxygens (including phenoxy) is 1.